The maximum atomic E-state index is 14.3. The third-order valence-electron chi connectivity index (χ3n) is 5.33. The molecule has 0 bridgehead atoms. The molecular formula is C20H22FN7O. The van der Waals surface area contributed by atoms with Crippen molar-refractivity contribution >= 4 is 17.3 Å². The van der Waals surface area contributed by atoms with Crippen LogP contribution in [-0.2, 0) is 4.74 Å². The number of pyridine rings is 1. The second kappa shape index (κ2) is 7.76. The van der Waals surface area contributed by atoms with Crippen LogP contribution in [0.1, 0.15) is 0 Å². The van der Waals surface area contributed by atoms with Gasteiger partial charge in [0.2, 0.25) is 5.95 Å². The summed E-state index contributed by atoms with van der Waals surface area (Å²) in [5.74, 6) is 0.772. The minimum absolute atomic E-state index is 0.288. The van der Waals surface area contributed by atoms with Crippen molar-refractivity contribution in [2.24, 2.45) is 0 Å². The highest BCUT2D eigenvalue weighted by molar-refractivity contribution is 5.62. The molecule has 29 heavy (non-hydrogen) atoms. The Bertz CT molecular complexity index is 968. The standard InChI is InChI=1S/C20H22FN7O/c21-15-9-16(24-20-23-14-28(25-20)19-3-1-2-4-22-19)11-17(10-15)26-5-7-27(8-6-26)18-12-29-13-18/h1-4,9-11,14,18H,5-8,12-13H2,(H,24,25). The molecular weight excluding hydrogens is 373 g/mol. The van der Waals surface area contributed by atoms with Crippen LogP contribution in [0.3, 0.4) is 0 Å². The molecule has 2 fully saturated rings. The Hall–Kier alpha value is -3.04. The largest absolute Gasteiger partial charge is 0.378 e. The van der Waals surface area contributed by atoms with Gasteiger partial charge in [-0.05, 0) is 30.3 Å². The predicted octanol–water partition coefficient (Wildman–Crippen LogP) is 2.07. The maximum Gasteiger partial charge on any atom is 0.247 e. The fourth-order valence-corrected chi connectivity index (χ4v) is 3.66. The zero-order chi connectivity index (χ0) is 19.6. The van der Waals surface area contributed by atoms with Gasteiger partial charge in [0.25, 0.3) is 0 Å². The fraction of sp³-hybridized carbons (Fsp3) is 0.350. The van der Waals surface area contributed by atoms with Crippen LogP contribution in [0.2, 0.25) is 0 Å². The normalized spacial score (nSPS) is 17.9. The first-order valence-electron chi connectivity index (χ1n) is 9.72. The second-order valence-electron chi connectivity index (χ2n) is 7.24. The fourth-order valence-electron chi connectivity index (χ4n) is 3.66. The Morgan fingerprint density at radius 1 is 1.03 bits per heavy atom. The van der Waals surface area contributed by atoms with E-state index in [1.807, 2.05) is 24.3 Å². The molecule has 3 aromatic rings. The van der Waals surface area contributed by atoms with E-state index in [4.69, 9.17) is 4.74 Å². The Balaban J connectivity index is 1.28. The van der Waals surface area contributed by atoms with Gasteiger partial charge < -0.3 is 15.0 Å². The van der Waals surface area contributed by atoms with E-state index in [1.165, 1.54) is 6.07 Å². The Kier molecular flexibility index (Phi) is 4.82. The van der Waals surface area contributed by atoms with Crippen LogP contribution in [0.5, 0.6) is 0 Å². The summed E-state index contributed by atoms with van der Waals surface area (Å²) >= 11 is 0. The van der Waals surface area contributed by atoms with E-state index in [0.717, 1.165) is 45.1 Å². The number of nitrogens with one attached hydrogen (secondary N) is 1. The molecule has 0 amide bonds. The summed E-state index contributed by atoms with van der Waals surface area (Å²) in [4.78, 5) is 13.2. The minimum atomic E-state index is -0.288. The van der Waals surface area contributed by atoms with Crippen LogP contribution in [0, 0.1) is 5.82 Å². The van der Waals surface area contributed by atoms with E-state index in [1.54, 1.807) is 23.3 Å². The molecule has 1 N–H and O–H groups in total. The van der Waals surface area contributed by atoms with Crippen molar-refractivity contribution in [1.82, 2.24) is 24.6 Å². The highest BCUT2D eigenvalue weighted by atomic mass is 19.1. The second-order valence-corrected chi connectivity index (χ2v) is 7.24. The van der Waals surface area contributed by atoms with Gasteiger partial charge >= 0.3 is 0 Å². The first kappa shape index (κ1) is 18.0. The van der Waals surface area contributed by atoms with Crippen LogP contribution in [0.4, 0.5) is 21.7 Å². The number of aromatic nitrogens is 4. The lowest BCUT2D eigenvalue weighted by Crippen LogP contribution is -2.56. The number of ether oxygens (including phenoxy) is 1. The molecule has 0 unspecified atom stereocenters. The molecule has 0 saturated carbocycles. The van der Waals surface area contributed by atoms with E-state index in [9.17, 15) is 4.39 Å². The van der Waals surface area contributed by atoms with Crippen molar-refractivity contribution in [1.29, 1.82) is 0 Å². The van der Waals surface area contributed by atoms with E-state index in [2.05, 4.69) is 30.2 Å². The van der Waals surface area contributed by atoms with Gasteiger partial charge in [-0.25, -0.2) is 14.1 Å². The minimum Gasteiger partial charge on any atom is -0.378 e. The average molecular weight is 395 g/mol. The highest BCUT2D eigenvalue weighted by Crippen LogP contribution is 2.25. The summed E-state index contributed by atoms with van der Waals surface area (Å²) in [6.45, 7) is 5.31. The molecule has 2 aromatic heterocycles. The topological polar surface area (TPSA) is 71.3 Å². The zero-order valence-corrected chi connectivity index (χ0v) is 15.9. The molecule has 8 nitrogen and oxygen atoms in total. The van der Waals surface area contributed by atoms with Gasteiger partial charge in [-0.3, -0.25) is 4.90 Å². The molecule has 2 aliphatic rings. The number of hydrogen-bond donors (Lipinski definition) is 1. The van der Waals surface area contributed by atoms with Crippen molar-refractivity contribution < 1.29 is 9.13 Å². The molecule has 4 heterocycles. The molecule has 0 atom stereocenters. The number of halogens is 1. The van der Waals surface area contributed by atoms with Crippen molar-refractivity contribution in [2.45, 2.75) is 6.04 Å². The highest BCUT2D eigenvalue weighted by Gasteiger charge is 2.29. The number of anilines is 3. The molecule has 2 aliphatic heterocycles. The van der Waals surface area contributed by atoms with Crippen molar-refractivity contribution in [3.8, 4) is 5.82 Å². The third kappa shape index (κ3) is 3.92. The van der Waals surface area contributed by atoms with E-state index >= 15 is 0 Å². The van der Waals surface area contributed by atoms with Crippen molar-refractivity contribution in [2.75, 3.05) is 49.6 Å². The van der Waals surface area contributed by atoms with E-state index in [-0.39, 0.29) is 5.82 Å². The molecule has 0 radical (unpaired) electrons. The zero-order valence-electron chi connectivity index (χ0n) is 15.9. The van der Waals surface area contributed by atoms with Gasteiger partial charge in [-0.15, -0.1) is 5.10 Å². The Labute approximate surface area is 167 Å². The number of rotatable bonds is 5. The van der Waals surface area contributed by atoms with Crippen molar-refractivity contribution in [3.05, 3.63) is 54.7 Å². The smallest absolute Gasteiger partial charge is 0.247 e. The van der Waals surface area contributed by atoms with Crippen LogP contribution < -0.4 is 10.2 Å². The number of piperazine rings is 1. The predicted molar refractivity (Wildman–Crippen MR) is 107 cm³/mol. The number of hydrogen-bond acceptors (Lipinski definition) is 7. The summed E-state index contributed by atoms with van der Waals surface area (Å²) in [6.07, 6.45) is 3.27. The monoisotopic (exact) mass is 395 g/mol. The van der Waals surface area contributed by atoms with Crippen LogP contribution in [0.25, 0.3) is 5.82 Å². The van der Waals surface area contributed by atoms with Crippen molar-refractivity contribution in [3.63, 3.8) is 0 Å². The van der Waals surface area contributed by atoms with E-state index < -0.39 is 0 Å². The SMILES string of the molecule is Fc1cc(Nc2ncn(-c3ccccn3)n2)cc(N2CCN(C3COC3)CC2)c1. The molecule has 150 valence electrons. The quantitative estimate of drug-likeness (QED) is 0.709. The Morgan fingerprint density at radius 3 is 2.62 bits per heavy atom. The molecule has 2 saturated heterocycles. The van der Waals surface area contributed by atoms with E-state index in [0.29, 0.717) is 23.5 Å². The first-order chi connectivity index (χ1) is 14.2. The number of nitrogens with zero attached hydrogens (tertiary/aromatic N) is 6. The summed E-state index contributed by atoms with van der Waals surface area (Å²) in [7, 11) is 0. The lowest BCUT2D eigenvalue weighted by atomic mass is 10.1. The van der Waals surface area contributed by atoms with Gasteiger partial charge in [-0.2, -0.15) is 4.98 Å². The summed E-state index contributed by atoms with van der Waals surface area (Å²) in [6, 6.07) is 11.1. The third-order valence-corrected chi connectivity index (χ3v) is 5.33. The Morgan fingerprint density at radius 2 is 1.90 bits per heavy atom. The first-order valence-corrected chi connectivity index (χ1v) is 9.72. The lowest BCUT2D eigenvalue weighted by molar-refractivity contribution is -0.0660. The molecule has 5 rings (SSSR count). The summed E-state index contributed by atoms with van der Waals surface area (Å²) in [5, 5.41) is 7.47. The van der Waals surface area contributed by atoms with Gasteiger partial charge in [0.1, 0.15) is 12.1 Å². The summed E-state index contributed by atoms with van der Waals surface area (Å²) < 4.78 is 21.1. The van der Waals surface area contributed by atoms with Gasteiger partial charge in [0.05, 0.1) is 19.3 Å². The van der Waals surface area contributed by atoms with Crippen LogP contribution in [0.15, 0.2) is 48.9 Å². The van der Waals surface area contributed by atoms with Crippen LogP contribution >= 0.6 is 0 Å². The molecule has 1 aromatic carbocycles. The molecule has 0 spiro atoms. The van der Waals surface area contributed by atoms with Gasteiger partial charge in [-0.1, -0.05) is 6.07 Å². The molecule has 9 heteroatoms. The molecule has 0 aliphatic carbocycles. The summed E-state index contributed by atoms with van der Waals surface area (Å²) in [5.41, 5.74) is 1.48. The van der Waals surface area contributed by atoms with Gasteiger partial charge in [0.15, 0.2) is 5.82 Å². The average Bonchev–Trinajstić information content (AvgIpc) is 3.16. The van der Waals surface area contributed by atoms with Gasteiger partial charge in [0, 0.05) is 43.8 Å². The van der Waals surface area contributed by atoms with Crippen LogP contribution in [-0.4, -0.2) is 70.1 Å². The number of benzene rings is 1. The lowest BCUT2D eigenvalue weighted by Gasteiger charge is -2.43. The maximum absolute atomic E-state index is 14.3.